The fraction of sp³-hybridized carbons (Fsp3) is 0.277. The van der Waals surface area contributed by atoms with E-state index in [1.165, 1.54) is 56.8 Å². The SMILES string of the molecule is CC(C)(C)c1ccc(-c2[c-]cc(F)cc2)nc1.CC(C)c1cc(-c2ccccc2)cc(C(C)C)c1-n1c(-c2[c-]ccc3c2oc2cc(-c4cc(C(C)(C)C)cc(C(C)(C)C)c4)ncc23)nc2ccccc21.[Ir]. The van der Waals surface area contributed by atoms with Crippen LogP contribution < -0.4 is 0 Å². The zero-order valence-electron chi connectivity index (χ0n) is 43.9. The van der Waals surface area contributed by atoms with Gasteiger partial charge in [0.2, 0.25) is 0 Å². The van der Waals surface area contributed by atoms with Gasteiger partial charge in [-0.25, -0.2) is 0 Å². The Labute approximate surface area is 439 Å². The smallest absolute Gasteiger partial charge is 0.124 e. The topological polar surface area (TPSA) is 56.7 Å². The molecule has 0 aliphatic heterocycles. The van der Waals surface area contributed by atoms with E-state index in [-0.39, 0.29) is 54.0 Å². The van der Waals surface area contributed by atoms with Crippen LogP contribution in [0, 0.1) is 17.9 Å². The van der Waals surface area contributed by atoms with E-state index in [1.54, 1.807) is 6.07 Å². The molecule has 369 valence electrons. The Kier molecular flexibility index (Phi) is 14.5. The first-order chi connectivity index (χ1) is 33.7. The van der Waals surface area contributed by atoms with E-state index in [0.29, 0.717) is 0 Å². The molecular formula is C65H65FIrN4O-2. The standard InChI is InChI=1S/C50H50N3O.C15H15FN.Ir/c1-30(2)39-25-33(32-17-12-11-13-18-32)26-40(31(3)4)46(39)53-44-22-15-14-21-42(44)52-48(53)38-20-16-19-37-41-29-51-43(28-45(41)54-47(37)38)34-23-35(49(5,6)7)27-36(24-34)50(8,9)10;1-15(2,3)12-6-9-14(17-10-12)11-4-7-13(16)8-5-11;/h11-19,21-31H,1-10H3;4,6-10H,1-3H3;/q2*-1;. The summed E-state index contributed by atoms with van der Waals surface area (Å²) in [6.07, 6.45) is 3.84. The molecule has 7 heteroatoms. The minimum Gasteiger partial charge on any atom is -0.500 e. The number of halogens is 1. The minimum atomic E-state index is -0.278. The molecule has 72 heavy (non-hydrogen) atoms. The summed E-state index contributed by atoms with van der Waals surface area (Å²) in [6.45, 7) is 29.2. The van der Waals surface area contributed by atoms with Crippen LogP contribution >= 0.6 is 0 Å². The third kappa shape index (κ3) is 10.5. The number of furan rings is 1. The molecule has 0 N–H and O–H groups in total. The van der Waals surface area contributed by atoms with Crippen LogP contribution in [0.5, 0.6) is 0 Å². The molecule has 0 aliphatic rings. The molecule has 6 aromatic carbocycles. The van der Waals surface area contributed by atoms with E-state index in [9.17, 15) is 4.39 Å². The van der Waals surface area contributed by atoms with Crippen LogP contribution in [0.25, 0.3) is 83.7 Å². The van der Waals surface area contributed by atoms with Crippen molar-refractivity contribution in [3.63, 3.8) is 0 Å². The summed E-state index contributed by atoms with van der Waals surface area (Å²) >= 11 is 0. The van der Waals surface area contributed by atoms with Gasteiger partial charge in [-0.05, 0) is 109 Å². The van der Waals surface area contributed by atoms with Crippen molar-refractivity contribution in [1.82, 2.24) is 19.5 Å². The molecule has 5 nitrogen and oxygen atoms in total. The van der Waals surface area contributed by atoms with Gasteiger partial charge in [-0.1, -0.05) is 162 Å². The van der Waals surface area contributed by atoms with Crippen LogP contribution in [-0.2, 0) is 36.4 Å². The number of hydrogen-bond acceptors (Lipinski definition) is 4. The zero-order chi connectivity index (χ0) is 50.6. The molecule has 0 saturated carbocycles. The average molecular weight is 1130 g/mol. The van der Waals surface area contributed by atoms with Gasteiger partial charge in [-0.15, -0.1) is 48.0 Å². The van der Waals surface area contributed by atoms with Gasteiger partial charge >= 0.3 is 0 Å². The predicted octanol–water partition coefficient (Wildman–Crippen LogP) is 17.9. The van der Waals surface area contributed by atoms with Crippen molar-refractivity contribution in [2.24, 2.45) is 0 Å². The second-order valence-electron chi connectivity index (χ2n) is 22.6. The van der Waals surface area contributed by atoms with Crippen molar-refractivity contribution in [2.75, 3.05) is 0 Å². The zero-order valence-corrected chi connectivity index (χ0v) is 46.3. The van der Waals surface area contributed by atoms with Crippen LogP contribution in [0.15, 0.2) is 150 Å². The Morgan fingerprint density at radius 1 is 0.569 bits per heavy atom. The van der Waals surface area contributed by atoms with Crippen molar-refractivity contribution in [1.29, 1.82) is 0 Å². The van der Waals surface area contributed by atoms with E-state index >= 15 is 0 Å². The third-order valence-corrected chi connectivity index (χ3v) is 13.5. The molecule has 0 atom stereocenters. The quantitative estimate of drug-likeness (QED) is 0.149. The first-order valence-corrected chi connectivity index (χ1v) is 24.9. The fourth-order valence-electron chi connectivity index (χ4n) is 9.20. The number of para-hydroxylation sites is 2. The van der Waals surface area contributed by atoms with Crippen molar-refractivity contribution in [3.05, 3.63) is 192 Å². The Morgan fingerprint density at radius 3 is 1.78 bits per heavy atom. The number of aromatic nitrogens is 4. The van der Waals surface area contributed by atoms with E-state index in [1.807, 2.05) is 24.5 Å². The molecule has 4 aromatic heterocycles. The molecule has 0 fully saturated rings. The van der Waals surface area contributed by atoms with Crippen LogP contribution in [-0.4, -0.2) is 19.5 Å². The Bertz CT molecular complexity index is 3470. The number of pyridine rings is 2. The van der Waals surface area contributed by atoms with Crippen molar-refractivity contribution in [3.8, 4) is 50.7 Å². The molecule has 0 amide bonds. The van der Waals surface area contributed by atoms with Gasteiger partial charge in [0.05, 0.1) is 28.1 Å². The molecular weight excluding hydrogens is 1060 g/mol. The molecule has 10 aromatic rings. The fourth-order valence-corrected chi connectivity index (χ4v) is 9.20. The Hall–Kier alpha value is -6.53. The number of fused-ring (bicyclic) bond motifs is 4. The van der Waals surface area contributed by atoms with Crippen molar-refractivity contribution >= 4 is 33.0 Å². The maximum absolute atomic E-state index is 12.8. The maximum atomic E-state index is 12.8. The molecule has 0 bridgehead atoms. The maximum Gasteiger partial charge on any atom is 0.124 e. The number of rotatable bonds is 7. The summed E-state index contributed by atoms with van der Waals surface area (Å²) in [5, 5.41) is 1.98. The van der Waals surface area contributed by atoms with Crippen LogP contribution in [0.3, 0.4) is 0 Å². The molecule has 10 rings (SSSR count). The summed E-state index contributed by atoms with van der Waals surface area (Å²) in [6, 6.07) is 51.9. The normalized spacial score (nSPS) is 12.2. The van der Waals surface area contributed by atoms with Crippen LogP contribution in [0.4, 0.5) is 4.39 Å². The van der Waals surface area contributed by atoms with Gasteiger partial charge in [-0.2, -0.15) is 0 Å². The Balaban J connectivity index is 0.000000326. The average Bonchev–Trinajstić information content (AvgIpc) is 3.92. The third-order valence-electron chi connectivity index (χ3n) is 13.5. The van der Waals surface area contributed by atoms with Crippen molar-refractivity contribution < 1.29 is 28.9 Å². The Morgan fingerprint density at radius 2 is 1.19 bits per heavy atom. The molecule has 0 spiro atoms. The van der Waals surface area contributed by atoms with Crippen molar-refractivity contribution in [2.45, 2.75) is 118 Å². The minimum absolute atomic E-state index is 0. The van der Waals surface area contributed by atoms with E-state index < -0.39 is 0 Å². The second kappa shape index (κ2) is 20.2. The summed E-state index contributed by atoms with van der Waals surface area (Å²) in [7, 11) is 0. The number of nitrogens with zero attached hydrogens (tertiary/aromatic N) is 4. The summed E-state index contributed by atoms with van der Waals surface area (Å²) in [5.41, 5.74) is 18.1. The van der Waals surface area contributed by atoms with Gasteiger partial charge in [0.1, 0.15) is 5.58 Å². The molecule has 4 heterocycles. The van der Waals surface area contributed by atoms with Gasteiger partial charge < -0.3 is 14.0 Å². The summed E-state index contributed by atoms with van der Waals surface area (Å²) in [4.78, 5) is 14.8. The van der Waals surface area contributed by atoms with E-state index in [4.69, 9.17) is 14.4 Å². The largest absolute Gasteiger partial charge is 0.500 e. The van der Waals surface area contributed by atoms with Crippen LogP contribution in [0.1, 0.15) is 130 Å². The van der Waals surface area contributed by atoms with E-state index in [0.717, 1.165) is 66.9 Å². The summed E-state index contributed by atoms with van der Waals surface area (Å²) < 4.78 is 22.0. The first kappa shape index (κ1) is 51.8. The molecule has 0 aliphatic carbocycles. The number of hydrogen-bond donors (Lipinski definition) is 0. The summed E-state index contributed by atoms with van der Waals surface area (Å²) in [5.74, 6) is 1.07. The first-order valence-electron chi connectivity index (χ1n) is 24.9. The van der Waals surface area contributed by atoms with Gasteiger partial charge in [0.15, 0.2) is 0 Å². The van der Waals surface area contributed by atoms with Gasteiger partial charge in [-0.3, -0.25) is 14.4 Å². The predicted molar refractivity (Wildman–Crippen MR) is 294 cm³/mol. The van der Waals surface area contributed by atoms with Gasteiger partial charge in [0.25, 0.3) is 0 Å². The number of benzene rings is 6. The molecule has 0 saturated heterocycles. The van der Waals surface area contributed by atoms with E-state index in [2.05, 4.69) is 215 Å². The monoisotopic (exact) mass is 1130 g/mol. The number of imidazole rings is 1. The molecule has 1 radical (unpaired) electrons. The second-order valence-corrected chi connectivity index (χ2v) is 22.6. The van der Waals surface area contributed by atoms with Crippen LogP contribution in [0.2, 0.25) is 0 Å². The molecule has 0 unspecified atom stereocenters. The van der Waals surface area contributed by atoms with Gasteiger partial charge in [0, 0.05) is 61.0 Å².